The molecule has 0 radical (unpaired) electrons. The topological polar surface area (TPSA) is 71.5 Å². The predicted octanol–water partition coefficient (Wildman–Crippen LogP) is 2.95. The Morgan fingerprint density at radius 1 is 1.03 bits per heavy atom. The molecule has 1 aliphatic rings. The van der Waals surface area contributed by atoms with Gasteiger partial charge in [0, 0.05) is 38.0 Å². The van der Waals surface area contributed by atoms with Gasteiger partial charge in [0.2, 0.25) is 0 Å². The van der Waals surface area contributed by atoms with Gasteiger partial charge in [-0.3, -0.25) is 14.6 Å². The van der Waals surface area contributed by atoms with Crippen LogP contribution in [0.1, 0.15) is 15.9 Å². The zero-order chi connectivity index (χ0) is 21.7. The molecule has 0 saturated carbocycles. The molecule has 1 unspecified atom stereocenters. The van der Waals surface area contributed by atoms with E-state index in [1.807, 2.05) is 54.6 Å². The number of carbonyl (C=O) groups excluding carboxylic acids is 2. The SMILES string of the molecule is CNC(=O)C1(Cc2ccccc2-c2ccncc2)CN(C(=O)c2ccccc2)CCO1. The highest BCUT2D eigenvalue weighted by Crippen LogP contribution is 2.30. The molecule has 1 N–H and O–H groups in total. The van der Waals surface area contributed by atoms with E-state index in [1.54, 1.807) is 36.5 Å². The zero-order valence-corrected chi connectivity index (χ0v) is 17.5. The Bertz CT molecular complexity index is 1060. The molecule has 2 amide bonds. The molecular formula is C25H25N3O3. The van der Waals surface area contributed by atoms with Gasteiger partial charge in [0.15, 0.2) is 5.60 Å². The van der Waals surface area contributed by atoms with Crippen molar-refractivity contribution in [2.75, 3.05) is 26.7 Å². The highest BCUT2D eigenvalue weighted by atomic mass is 16.5. The van der Waals surface area contributed by atoms with Gasteiger partial charge in [-0.25, -0.2) is 0 Å². The van der Waals surface area contributed by atoms with E-state index in [9.17, 15) is 9.59 Å². The van der Waals surface area contributed by atoms with Crippen LogP contribution in [0.15, 0.2) is 79.1 Å². The summed E-state index contributed by atoms with van der Waals surface area (Å²) in [4.78, 5) is 31.9. The Kier molecular flexibility index (Phi) is 6.09. The lowest BCUT2D eigenvalue weighted by molar-refractivity contribution is -0.156. The highest BCUT2D eigenvalue weighted by Gasteiger charge is 2.45. The molecular weight excluding hydrogens is 390 g/mol. The fraction of sp³-hybridized carbons (Fsp3) is 0.240. The fourth-order valence-corrected chi connectivity index (χ4v) is 4.07. The molecule has 6 heteroatoms. The van der Waals surface area contributed by atoms with Crippen LogP contribution in [0.4, 0.5) is 0 Å². The smallest absolute Gasteiger partial charge is 0.254 e. The molecule has 1 fully saturated rings. The van der Waals surface area contributed by atoms with Gasteiger partial charge in [-0.2, -0.15) is 0 Å². The second-order valence-electron chi connectivity index (χ2n) is 7.58. The van der Waals surface area contributed by atoms with E-state index in [4.69, 9.17) is 4.74 Å². The van der Waals surface area contributed by atoms with Crippen LogP contribution in [0.2, 0.25) is 0 Å². The molecule has 1 saturated heterocycles. The van der Waals surface area contributed by atoms with E-state index in [0.29, 0.717) is 25.1 Å². The Hall–Kier alpha value is -3.51. The van der Waals surface area contributed by atoms with Crippen LogP contribution in [0, 0.1) is 0 Å². The third kappa shape index (κ3) is 4.34. The summed E-state index contributed by atoms with van der Waals surface area (Å²) in [5.41, 5.74) is 2.45. The number of hydrogen-bond acceptors (Lipinski definition) is 4. The number of ether oxygens (including phenoxy) is 1. The number of amides is 2. The molecule has 0 bridgehead atoms. The van der Waals surface area contributed by atoms with E-state index in [0.717, 1.165) is 16.7 Å². The summed E-state index contributed by atoms with van der Waals surface area (Å²) in [6.45, 7) is 0.924. The van der Waals surface area contributed by atoms with Crippen molar-refractivity contribution in [3.8, 4) is 11.1 Å². The number of pyridine rings is 1. The highest BCUT2D eigenvalue weighted by molar-refractivity contribution is 5.95. The van der Waals surface area contributed by atoms with Gasteiger partial charge < -0.3 is 15.0 Å². The number of benzene rings is 2. The first kappa shape index (κ1) is 20.8. The summed E-state index contributed by atoms with van der Waals surface area (Å²) >= 11 is 0. The molecule has 2 heterocycles. The Morgan fingerprint density at radius 2 is 1.74 bits per heavy atom. The molecule has 1 atom stereocenters. The number of rotatable bonds is 5. The lowest BCUT2D eigenvalue weighted by Crippen LogP contribution is -2.61. The molecule has 3 aromatic rings. The molecule has 0 aliphatic carbocycles. The summed E-state index contributed by atoms with van der Waals surface area (Å²) in [7, 11) is 1.60. The van der Waals surface area contributed by atoms with E-state index >= 15 is 0 Å². The second-order valence-corrected chi connectivity index (χ2v) is 7.58. The minimum Gasteiger partial charge on any atom is -0.361 e. The summed E-state index contributed by atoms with van der Waals surface area (Å²) in [5.74, 6) is -0.331. The largest absolute Gasteiger partial charge is 0.361 e. The van der Waals surface area contributed by atoms with Gasteiger partial charge in [0.05, 0.1) is 13.2 Å². The van der Waals surface area contributed by atoms with Gasteiger partial charge >= 0.3 is 0 Å². The van der Waals surface area contributed by atoms with E-state index in [2.05, 4.69) is 10.3 Å². The Labute approximate surface area is 181 Å². The maximum atomic E-state index is 13.1. The van der Waals surface area contributed by atoms with Gasteiger partial charge in [-0.15, -0.1) is 0 Å². The standard InChI is InChI=1S/C25H25N3O3/c1-26-24(30)25(17-21-9-5-6-10-22(21)19-11-13-27-14-12-19)18-28(15-16-31-25)23(29)20-7-3-2-4-8-20/h2-14H,15-18H2,1H3,(H,26,30). The zero-order valence-electron chi connectivity index (χ0n) is 17.5. The van der Waals surface area contributed by atoms with Gasteiger partial charge in [-0.05, 0) is 41.0 Å². The number of likely N-dealkylation sites (N-methyl/N-ethyl adjacent to an activating group) is 1. The minimum absolute atomic E-state index is 0.0976. The van der Waals surface area contributed by atoms with E-state index in [1.165, 1.54) is 0 Å². The average Bonchev–Trinajstić information content (AvgIpc) is 2.84. The molecule has 0 spiro atoms. The quantitative estimate of drug-likeness (QED) is 0.696. The first-order valence-electron chi connectivity index (χ1n) is 10.3. The first-order valence-corrected chi connectivity index (χ1v) is 10.3. The molecule has 4 rings (SSSR count). The van der Waals surface area contributed by atoms with Crippen LogP contribution in [0.5, 0.6) is 0 Å². The maximum Gasteiger partial charge on any atom is 0.254 e. The minimum atomic E-state index is -1.17. The van der Waals surface area contributed by atoms with Crippen LogP contribution in [0.25, 0.3) is 11.1 Å². The molecule has 1 aromatic heterocycles. The molecule has 1 aliphatic heterocycles. The lowest BCUT2D eigenvalue weighted by Gasteiger charge is -2.41. The monoisotopic (exact) mass is 415 g/mol. The molecule has 158 valence electrons. The second kappa shape index (κ2) is 9.10. The van der Waals surface area contributed by atoms with Crippen LogP contribution in [-0.2, 0) is 16.0 Å². The fourth-order valence-electron chi connectivity index (χ4n) is 4.07. The van der Waals surface area contributed by atoms with Crippen molar-refractivity contribution in [2.24, 2.45) is 0 Å². The van der Waals surface area contributed by atoms with Crippen LogP contribution in [-0.4, -0.2) is 54.0 Å². The van der Waals surface area contributed by atoms with Crippen molar-refractivity contribution in [2.45, 2.75) is 12.0 Å². The van der Waals surface area contributed by atoms with Crippen molar-refractivity contribution in [1.29, 1.82) is 0 Å². The number of nitrogens with one attached hydrogen (secondary N) is 1. The van der Waals surface area contributed by atoms with Crippen molar-refractivity contribution < 1.29 is 14.3 Å². The number of carbonyl (C=O) groups is 2. The summed E-state index contributed by atoms with van der Waals surface area (Å²) in [5, 5.41) is 2.74. The van der Waals surface area contributed by atoms with Crippen LogP contribution < -0.4 is 5.32 Å². The number of nitrogens with zero attached hydrogens (tertiary/aromatic N) is 2. The van der Waals surface area contributed by atoms with Gasteiger partial charge in [0.25, 0.3) is 11.8 Å². The van der Waals surface area contributed by atoms with Crippen molar-refractivity contribution >= 4 is 11.8 Å². The number of morpholine rings is 1. The van der Waals surface area contributed by atoms with Gasteiger partial charge in [0.1, 0.15) is 0 Å². The van der Waals surface area contributed by atoms with Crippen molar-refractivity contribution in [3.63, 3.8) is 0 Å². The van der Waals surface area contributed by atoms with Crippen LogP contribution >= 0.6 is 0 Å². The lowest BCUT2D eigenvalue weighted by atomic mass is 9.87. The maximum absolute atomic E-state index is 13.1. The third-order valence-corrected chi connectivity index (χ3v) is 5.62. The van der Waals surface area contributed by atoms with Gasteiger partial charge in [-0.1, -0.05) is 42.5 Å². The normalized spacial score (nSPS) is 18.4. The molecule has 2 aromatic carbocycles. The average molecular weight is 415 g/mol. The van der Waals surface area contributed by atoms with Crippen LogP contribution in [0.3, 0.4) is 0 Å². The Morgan fingerprint density at radius 3 is 2.48 bits per heavy atom. The molecule has 6 nitrogen and oxygen atoms in total. The van der Waals surface area contributed by atoms with E-state index < -0.39 is 5.60 Å². The number of aromatic nitrogens is 1. The molecule has 31 heavy (non-hydrogen) atoms. The predicted molar refractivity (Wildman–Crippen MR) is 118 cm³/mol. The Balaban J connectivity index is 1.67. The third-order valence-electron chi connectivity index (χ3n) is 5.62. The summed E-state index contributed by atoms with van der Waals surface area (Å²) in [6, 6.07) is 21.0. The number of hydrogen-bond donors (Lipinski definition) is 1. The van der Waals surface area contributed by atoms with E-state index in [-0.39, 0.29) is 18.4 Å². The summed E-state index contributed by atoms with van der Waals surface area (Å²) < 4.78 is 6.11. The summed E-state index contributed by atoms with van der Waals surface area (Å²) in [6.07, 6.45) is 3.85. The van der Waals surface area contributed by atoms with Crippen molar-refractivity contribution in [3.05, 3.63) is 90.3 Å². The van der Waals surface area contributed by atoms with Crippen molar-refractivity contribution in [1.82, 2.24) is 15.2 Å². The first-order chi connectivity index (χ1) is 15.1.